The molecule has 0 bridgehead atoms. The molecular formula is C17H29NO2. The molecule has 0 aliphatic rings. The summed E-state index contributed by atoms with van der Waals surface area (Å²) in [7, 11) is 1.69. The molecule has 1 aromatic rings. The first-order valence-electron chi connectivity index (χ1n) is 7.67. The lowest BCUT2D eigenvalue weighted by Gasteiger charge is -2.18. The maximum atomic E-state index is 5.73. The van der Waals surface area contributed by atoms with E-state index in [1.54, 1.807) is 7.11 Å². The molecule has 0 saturated heterocycles. The van der Waals surface area contributed by atoms with Crippen LogP contribution in [-0.4, -0.2) is 19.3 Å². The first kappa shape index (κ1) is 16.8. The lowest BCUT2D eigenvalue weighted by atomic mass is 10.1. The minimum absolute atomic E-state index is 0.155. The number of hydrogen-bond acceptors (Lipinski definition) is 3. The second-order valence-corrected chi connectivity index (χ2v) is 5.43. The Morgan fingerprint density at radius 1 is 1.15 bits per heavy atom. The Kier molecular flexibility index (Phi) is 7.45. The van der Waals surface area contributed by atoms with E-state index < -0.39 is 0 Å². The summed E-state index contributed by atoms with van der Waals surface area (Å²) in [5.74, 6) is 1.62. The molecule has 1 unspecified atom stereocenters. The Balaban J connectivity index is 2.67. The monoisotopic (exact) mass is 279 g/mol. The Morgan fingerprint density at radius 2 is 1.90 bits per heavy atom. The largest absolute Gasteiger partial charge is 0.493 e. The van der Waals surface area contributed by atoms with Crippen molar-refractivity contribution >= 4 is 0 Å². The van der Waals surface area contributed by atoms with Crippen LogP contribution in [0.1, 0.15) is 52.5 Å². The fourth-order valence-corrected chi connectivity index (χ4v) is 2.23. The number of nitrogens with one attached hydrogen (secondary N) is 1. The average Bonchev–Trinajstić information content (AvgIpc) is 2.44. The summed E-state index contributed by atoms with van der Waals surface area (Å²) in [6, 6.07) is 6.75. The second-order valence-electron chi connectivity index (χ2n) is 5.43. The summed E-state index contributed by atoms with van der Waals surface area (Å²) in [6.07, 6.45) is 3.76. The molecule has 0 heterocycles. The Labute approximate surface area is 123 Å². The van der Waals surface area contributed by atoms with E-state index >= 15 is 0 Å². The van der Waals surface area contributed by atoms with Gasteiger partial charge in [0.2, 0.25) is 0 Å². The quantitative estimate of drug-likeness (QED) is 0.736. The van der Waals surface area contributed by atoms with Gasteiger partial charge in [-0.1, -0.05) is 26.3 Å². The van der Waals surface area contributed by atoms with Crippen molar-refractivity contribution in [3.8, 4) is 11.5 Å². The number of ether oxygens (including phenoxy) is 2. The third-order valence-electron chi connectivity index (χ3n) is 3.32. The van der Waals surface area contributed by atoms with Crippen molar-refractivity contribution in [2.24, 2.45) is 0 Å². The van der Waals surface area contributed by atoms with Crippen LogP contribution in [0.2, 0.25) is 0 Å². The van der Waals surface area contributed by atoms with E-state index in [1.807, 2.05) is 19.9 Å². The fourth-order valence-electron chi connectivity index (χ4n) is 2.23. The van der Waals surface area contributed by atoms with Crippen LogP contribution in [0.5, 0.6) is 11.5 Å². The van der Waals surface area contributed by atoms with Gasteiger partial charge < -0.3 is 14.8 Å². The average molecular weight is 279 g/mol. The first-order chi connectivity index (χ1) is 9.60. The molecule has 1 rings (SSSR count). The van der Waals surface area contributed by atoms with Crippen LogP contribution in [0, 0.1) is 0 Å². The van der Waals surface area contributed by atoms with Crippen LogP contribution in [0.4, 0.5) is 0 Å². The smallest absolute Gasteiger partial charge is 0.161 e. The molecule has 0 aromatic heterocycles. The molecule has 0 amide bonds. The number of benzene rings is 1. The van der Waals surface area contributed by atoms with Crippen LogP contribution >= 0.6 is 0 Å². The predicted octanol–water partition coefficient (Wildman–Crippen LogP) is 4.15. The summed E-state index contributed by atoms with van der Waals surface area (Å²) >= 11 is 0. The number of hydrogen-bond donors (Lipinski definition) is 1. The summed E-state index contributed by atoms with van der Waals surface area (Å²) in [6.45, 7) is 9.37. The van der Waals surface area contributed by atoms with Crippen molar-refractivity contribution in [3.05, 3.63) is 23.8 Å². The van der Waals surface area contributed by atoms with Crippen LogP contribution in [0.25, 0.3) is 0 Å². The molecule has 1 aromatic carbocycles. The molecule has 0 spiro atoms. The van der Waals surface area contributed by atoms with Crippen LogP contribution < -0.4 is 14.8 Å². The minimum atomic E-state index is 0.155. The highest BCUT2D eigenvalue weighted by Gasteiger charge is 2.09. The van der Waals surface area contributed by atoms with E-state index in [-0.39, 0.29) is 6.10 Å². The van der Waals surface area contributed by atoms with Crippen LogP contribution in [-0.2, 0) is 6.54 Å². The SMILES string of the molecule is CCCC(CC)NCc1ccc(OC(C)C)c(OC)c1. The molecule has 20 heavy (non-hydrogen) atoms. The molecule has 0 aliphatic carbocycles. The van der Waals surface area contributed by atoms with Gasteiger partial charge in [0.25, 0.3) is 0 Å². The van der Waals surface area contributed by atoms with Crippen molar-refractivity contribution in [2.75, 3.05) is 7.11 Å². The van der Waals surface area contributed by atoms with Gasteiger partial charge in [0, 0.05) is 12.6 Å². The van der Waals surface area contributed by atoms with Crippen molar-refractivity contribution < 1.29 is 9.47 Å². The summed E-state index contributed by atoms with van der Waals surface area (Å²) in [5.41, 5.74) is 1.23. The van der Waals surface area contributed by atoms with Gasteiger partial charge >= 0.3 is 0 Å². The second kappa shape index (κ2) is 8.85. The molecular weight excluding hydrogens is 250 g/mol. The van der Waals surface area contributed by atoms with Crippen LogP contribution in [0.15, 0.2) is 18.2 Å². The maximum absolute atomic E-state index is 5.73. The topological polar surface area (TPSA) is 30.5 Å². The van der Waals surface area contributed by atoms with Crippen molar-refractivity contribution in [1.29, 1.82) is 0 Å². The van der Waals surface area contributed by atoms with E-state index in [1.165, 1.54) is 24.8 Å². The fraction of sp³-hybridized carbons (Fsp3) is 0.647. The zero-order valence-electron chi connectivity index (χ0n) is 13.5. The highest BCUT2D eigenvalue weighted by atomic mass is 16.5. The van der Waals surface area contributed by atoms with Crippen molar-refractivity contribution in [1.82, 2.24) is 5.32 Å². The molecule has 0 saturated carbocycles. The van der Waals surface area contributed by atoms with Gasteiger partial charge in [-0.15, -0.1) is 0 Å². The Bertz CT molecular complexity index is 391. The predicted molar refractivity (Wildman–Crippen MR) is 84.6 cm³/mol. The zero-order chi connectivity index (χ0) is 15.0. The number of rotatable bonds is 9. The van der Waals surface area contributed by atoms with Gasteiger partial charge in [-0.05, 0) is 44.4 Å². The lowest BCUT2D eigenvalue weighted by molar-refractivity contribution is 0.230. The molecule has 1 atom stereocenters. The van der Waals surface area contributed by atoms with E-state index in [2.05, 4.69) is 31.3 Å². The summed E-state index contributed by atoms with van der Waals surface area (Å²) in [5, 5.41) is 3.60. The standard InChI is InChI=1S/C17H29NO2/c1-6-8-15(7-2)18-12-14-9-10-16(20-13(3)4)17(11-14)19-5/h9-11,13,15,18H,6-8,12H2,1-5H3. The van der Waals surface area contributed by atoms with E-state index in [0.717, 1.165) is 18.0 Å². The highest BCUT2D eigenvalue weighted by molar-refractivity contribution is 5.43. The Hall–Kier alpha value is -1.22. The summed E-state index contributed by atoms with van der Waals surface area (Å²) in [4.78, 5) is 0. The molecule has 0 fully saturated rings. The summed E-state index contributed by atoms with van der Waals surface area (Å²) < 4.78 is 11.1. The first-order valence-corrected chi connectivity index (χ1v) is 7.67. The highest BCUT2D eigenvalue weighted by Crippen LogP contribution is 2.29. The van der Waals surface area contributed by atoms with Gasteiger partial charge in [0.1, 0.15) is 0 Å². The van der Waals surface area contributed by atoms with E-state index in [4.69, 9.17) is 9.47 Å². The molecule has 3 heteroatoms. The molecule has 3 nitrogen and oxygen atoms in total. The molecule has 114 valence electrons. The minimum Gasteiger partial charge on any atom is -0.493 e. The van der Waals surface area contributed by atoms with Gasteiger partial charge in [-0.3, -0.25) is 0 Å². The van der Waals surface area contributed by atoms with Gasteiger partial charge in [0.15, 0.2) is 11.5 Å². The maximum Gasteiger partial charge on any atom is 0.161 e. The third kappa shape index (κ3) is 5.41. The van der Waals surface area contributed by atoms with E-state index in [0.29, 0.717) is 6.04 Å². The molecule has 0 radical (unpaired) electrons. The lowest BCUT2D eigenvalue weighted by Crippen LogP contribution is -2.27. The molecule has 0 aliphatic heterocycles. The van der Waals surface area contributed by atoms with Crippen LogP contribution in [0.3, 0.4) is 0 Å². The van der Waals surface area contributed by atoms with Gasteiger partial charge in [0.05, 0.1) is 13.2 Å². The van der Waals surface area contributed by atoms with Gasteiger partial charge in [-0.2, -0.15) is 0 Å². The van der Waals surface area contributed by atoms with Crippen molar-refractivity contribution in [2.45, 2.75) is 65.6 Å². The third-order valence-corrected chi connectivity index (χ3v) is 3.32. The number of methoxy groups -OCH3 is 1. The Morgan fingerprint density at radius 3 is 2.45 bits per heavy atom. The molecule has 1 N–H and O–H groups in total. The normalized spacial score (nSPS) is 12.5. The van der Waals surface area contributed by atoms with Crippen molar-refractivity contribution in [3.63, 3.8) is 0 Å². The zero-order valence-corrected chi connectivity index (χ0v) is 13.5. The van der Waals surface area contributed by atoms with E-state index in [9.17, 15) is 0 Å². The van der Waals surface area contributed by atoms with Gasteiger partial charge in [-0.25, -0.2) is 0 Å².